The van der Waals surface area contributed by atoms with Gasteiger partial charge in [0.1, 0.15) is 6.61 Å². The lowest BCUT2D eigenvalue weighted by Gasteiger charge is -2.18. The maximum atomic E-state index is 10.6. The van der Waals surface area contributed by atoms with Crippen molar-refractivity contribution < 1.29 is 9.53 Å². The van der Waals surface area contributed by atoms with Gasteiger partial charge in [-0.1, -0.05) is 53.5 Å². The normalized spacial score (nSPS) is 11.1. The Hall–Kier alpha value is -0.730. The average Bonchev–Trinajstić information content (AvgIpc) is 2.16. The molecule has 0 atom stereocenters. The maximum Gasteiger partial charge on any atom is 0.302 e. The summed E-state index contributed by atoms with van der Waals surface area (Å²) in [7, 11) is 0. The lowest BCUT2D eigenvalue weighted by Crippen LogP contribution is -2.25. The van der Waals surface area contributed by atoms with Crippen molar-refractivity contribution in [3.8, 4) is 0 Å². The molecule has 0 spiro atoms. The molecule has 0 heterocycles. The van der Waals surface area contributed by atoms with Gasteiger partial charge in [-0.15, -0.1) is 0 Å². The van der Waals surface area contributed by atoms with E-state index >= 15 is 0 Å². The standard InChI is InChI=1S/C11H12Cl2O2/c1-9(14)15-8-11(12,13)7-10-5-3-2-4-6-10/h2-6H,7-8H2,1H3. The van der Waals surface area contributed by atoms with Gasteiger partial charge >= 0.3 is 5.97 Å². The quantitative estimate of drug-likeness (QED) is 0.604. The molecule has 0 aliphatic rings. The van der Waals surface area contributed by atoms with Crippen LogP contribution in [-0.4, -0.2) is 16.9 Å². The van der Waals surface area contributed by atoms with Crippen LogP contribution in [0.1, 0.15) is 12.5 Å². The van der Waals surface area contributed by atoms with E-state index < -0.39 is 4.33 Å². The first-order valence-corrected chi connectivity index (χ1v) is 5.30. The Morgan fingerprint density at radius 3 is 2.47 bits per heavy atom. The first-order chi connectivity index (χ1) is 6.99. The van der Waals surface area contributed by atoms with E-state index in [0.717, 1.165) is 5.56 Å². The fourth-order valence-corrected chi connectivity index (χ4v) is 1.57. The fourth-order valence-electron chi connectivity index (χ4n) is 1.15. The molecule has 0 aliphatic heterocycles. The van der Waals surface area contributed by atoms with E-state index in [9.17, 15) is 4.79 Å². The van der Waals surface area contributed by atoms with Crippen molar-refractivity contribution in [2.45, 2.75) is 17.7 Å². The number of alkyl halides is 2. The van der Waals surface area contributed by atoms with Gasteiger partial charge in [0.05, 0.1) is 0 Å². The van der Waals surface area contributed by atoms with Gasteiger partial charge in [0.2, 0.25) is 0 Å². The molecule has 1 aromatic carbocycles. The summed E-state index contributed by atoms with van der Waals surface area (Å²) in [6, 6.07) is 9.58. The van der Waals surface area contributed by atoms with E-state index in [1.54, 1.807) is 0 Å². The average molecular weight is 247 g/mol. The number of carbonyl (C=O) groups is 1. The van der Waals surface area contributed by atoms with Crippen molar-refractivity contribution in [3.63, 3.8) is 0 Å². The van der Waals surface area contributed by atoms with Crippen molar-refractivity contribution in [2.24, 2.45) is 0 Å². The highest BCUT2D eigenvalue weighted by Crippen LogP contribution is 2.26. The summed E-state index contributed by atoms with van der Waals surface area (Å²) in [5, 5.41) is 0. The molecule has 0 saturated heterocycles. The lowest BCUT2D eigenvalue weighted by atomic mass is 10.1. The van der Waals surface area contributed by atoms with Gasteiger partial charge in [0, 0.05) is 13.3 Å². The maximum absolute atomic E-state index is 10.6. The smallest absolute Gasteiger partial charge is 0.302 e. The summed E-state index contributed by atoms with van der Waals surface area (Å²) in [6.45, 7) is 1.33. The third-order valence-electron chi connectivity index (χ3n) is 1.79. The van der Waals surface area contributed by atoms with Crippen LogP contribution in [0.2, 0.25) is 0 Å². The molecule has 15 heavy (non-hydrogen) atoms. The Kier molecular flexibility index (Phi) is 4.43. The molecule has 0 bridgehead atoms. The highest BCUT2D eigenvalue weighted by Gasteiger charge is 2.25. The van der Waals surface area contributed by atoms with Crippen LogP contribution in [-0.2, 0) is 16.0 Å². The SMILES string of the molecule is CC(=O)OCC(Cl)(Cl)Cc1ccccc1. The molecule has 0 unspecified atom stereocenters. The zero-order valence-corrected chi connectivity index (χ0v) is 9.89. The van der Waals surface area contributed by atoms with E-state index in [0.29, 0.717) is 6.42 Å². The number of esters is 1. The van der Waals surface area contributed by atoms with Gasteiger partial charge in [-0.3, -0.25) is 4.79 Å². The first kappa shape index (κ1) is 12.3. The lowest BCUT2D eigenvalue weighted by molar-refractivity contribution is -0.141. The van der Waals surface area contributed by atoms with Crippen molar-refractivity contribution in [2.75, 3.05) is 6.61 Å². The first-order valence-electron chi connectivity index (χ1n) is 4.55. The molecule has 1 rings (SSSR count). The van der Waals surface area contributed by atoms with Crippen LogP contribution in [0.25, 0.3) is 0 Å². The van der Waals surface area contributed by atoms with Gasteiger partial charge in [0.15, 0.2) is 4.33 Å². The monoisotopic (exact) mass is 246 g/mol. The summed E-state index contributed by atoms with van der Waals surface area (Å²) in [5.74, 6) is -0.381. The minimum absolute atomic E-state index is 0.000336. The second kappa shape index (κ2) is 5.38. The van der Waals surface area contributed by atoms with Crippen molar-refractivity contribution in [1.29, 1.82) is 0 Å². The Bertz CT molecular complexity index is 323. The van der Waals surface area contributed by atoms with Gasteiger partial charge in [-0.2, -0.15) is 0 Å². The van der Waals surface area contributed by atoms with Crippen LogP contribution in [0, 0.1) is 0 Å². The van der Waals surface area contributed by atoms with E-state index in [1.807, 2.05) is 30.3 Å². The predicted octanol–water partition coefficient (Wildman–Crippen LogP) is 2.97. The van der Waals surface area contributed by atoms with Crippen LogP contribution in [0.3, 0.4) is 0 Å². The number of hydrogen-bond donors (Lipinski definition) is 0. The molecule has 0 fully saturated rings. The molecule has 4 heteroatoms. The zero-order valence-electron chi connectivity index (χ0n) is 8.37. The number of benzene rings is 1. The molecular formula is C11H12Cl2O2. The topological polar surface area (TPSA) is 26.3 Å². The van der Waals surface area contributed by atoms with Gasteiger partial charge in [-0.05, 0) is 5.56 Å². The Morgan fingerprint density at radius 2 is 1.93 bits per heavy atom. The fraction of sp³-hybridized carbons (Fsp3) is 0.364. The Morgan fingerprint density at radius 1 is 1.33 bits per heavy atom. The van der Waals surface area contributed by atoms with E-state index in [1.165, 1.54) is 6.92 Å². The molecule has 2 nitrogen and oxygen atoms in total. The van der Waals surface area contributed by atoms with Gasteiger partial charge in [0.25, 0.3) is 0 Å². The highest BCUT2D eigenvalue weighted by molar-refractivity contribution is 6.48. The largest absolute Gasteiger partial charge is 0.463 e. The number of hydrogen-bond acceptors (Lipinski definition) is 2. The predicted molar refractivity (Wildman–Crippen MR) is 61.2 cm³/mol. The molecule has 1 aromatic rings. The van der Waals surface area contributed by atoms with Gasteiger partial charge in [-0.25, -0.2) is 0 Å². The second-order valence-electron chi connectivity index (χ2n) is 3.30. The van der Waals surface area contributed by atoms with E-state index in [-0.39, 0.29) is 12.6 Å². The summed E-state index contributed by atoms with van der Waals surface area (Å²) in [5.41, 5.74) is 1.01. The van der Waals surface area contributed by atoms with Crippen LogP contribution >= 0.6 is 23.2 Å². The third kappa shape index (κ3) is 5.05. The Labute approximate surface area is 99.1 Å². The summed E-state index contributed by atoms with van der Waals surface area (Å²) < 4.78 is 3.71. The molecule has 0 aromatic heterocycles. The van der Waals surface area contributed by atoms with Crippen molar-refractivity contribution in [3.05, 3.63) is 35.9 Å². The van der Waals surface area contributed by atoms with E-state index in [2.05, 4.69) is 0 Å². The van der Waals surface area contributed by atoms with Crippen LogP contribution in [0.15, 0.2) is 30.3 Å². The molecule has 0 aliphatic carbocycles. The summed E-state index contributed by atoms with van der Waals surface area (Å²) >= 11 is 12.0. The molecule has 0 amide bonds. The summed E-state index contributed by atoms with van der Waals surface area (Å²) in [4.78, 5) is 10.6. The number of carbonyl (C=O) groups excluding carboxylic acids is 1. The molecule has 0 radical (unpaired) electrons. The zero-order chi connectivity index (χ0) is 11.3. The van der Waals surface area contributed by atoms with Crippen molar-refractivity contribution in [1.82, 2.24) is 0 Å². The molecule has 82 valence electrons. The minimum atomic E-state index is -1.06. The van der Waals surface area contributed by atoms with Crippen LogP contribution in [0.4, 0.5) is 0 Å². The molecule has 0 saturated carbocycles. The molecular weight excluding hydrogens is 235 g/mol. The van der Waals surface area contributed by atoms with E-state index in [4.69, 9.17) is 27.9 Å². The summed E-state index contributed by atoms with van der Waals surface area (Å²) in [6.07, 6.45) is 0.449. The van der Waals surface area contributed by atoms with Gasteiger partial charge < -0.3 is 4.74 Å². The number of halogens is 2. The van der Waals surface area contributed by atoms with Crippen LogP contribution < -0.4 is 0 Å². The number of rotatable bonds is 4. The highest BCUT2D eigenvalue weighted by atomic mass is 35.5. The van der Waals surface area contributed by atoms with Crippen LogP contribution in [0.5, 0.6) is 0 Å². The second-order valence-corrected chi connectivity index (χ2v) is 4.94. The van der Waals surface area contributed by atoms with Crippen molar-refractivity contribution >= 4 is 29.2 Å². The Balaban J connectivity index is 2.52. The third-order valence-corrected chi connectivity index (χ3v) is 2.28. The minimum Gasteiger partial charge on any atom is -0.463 e. The molecule has 0 N–H and O–H groups in total. The number of ether oxygens (including phenoxy) is 1.